The van der Waals surface area contributed by atoms with E-state index in [1.165, 1.54) is 23.9 Å². The lowest BCUT2D eigenvalue weighted by molar-refractivity contribution is 0.0692. The summed E-state index contributed by atoms with van der Waals surface area (Å²) in [4.78, 5) is 22.1. The molecule has 2 heterocycles. The van der Waals surface area contributed by atoms with Gasteiger partial charge in [-0.1, -0.05) is 0 Å². The molecule has 2 rings (SSSR count). The molecule has 17 heavy (non-hydrogen) atoms. The van der Waals surface area contributed by atoms with E-state index in [0.29, 0.717) is 5.16 Å². The summed E-state index contributed by atoms with van der Waals surface area (Å²) in [5, 5.41) is 22.7. The van der Waals surface area contributed by atoms with Crippen molar-refractivity contribution >= 4 is 17.7 Å². The van der Waals surface area contributed by atoms with Gasteiger partial charge in [0.25, 0.3) is 0 Å². The second kappa shape index (κ2) is 4.37. The zero-order valence-corrected chi connectivity index (χ0v) is 9.43. The third kappa shape index (κ3) is 2.18. The number of aromatic amines is 1. The van der Waals surface area contributed by atoms with Crippen LogP contribution in [-0.4, -0.2) is 36.0 Å². The van der Waals surface area contributed by atoms with Crippen LogP contribution in [0.2, 0.25) is 0 Å². The molecule has 0 saturated heterocycles. The first-order chi connectivity index (χ1) is 8.09. The van der Waals surface area contributed by atoms with Gasteiger partial charge < -0.3 is 5.11 Å². The van der Waals surface area contributed by atoms with E-state index in [1.807, 2.05) is 0 Å². The normalized spacial score (nSPS) is 10.4. The molecule has 0 unspecified atom stereocenters. The molecule has 0 amide bonds. The predicted octanol–water partition coefficient (Wildman–Crippen LogP) is -0.252. The molecule has 0 atom stereocenters. The smallest absolute Gasteiger partial charge is 0.343 e. The summed E-state index contributed by atoms with van der Waals surface area (Å²) in [6.45, 7) is 0. The van der Waals surface area contributed by atoms with Crippen LogP contribution in [0.4, 0.5) is 0 Å². The first-order valence-electron chi connectivity index (χ1n) is 4.44. The highest BCUT2D eigenvalue weighted by Gasteiger charge is 2.15. The Morgan fingerprint density at radius 3 is 2.94 bits per heavy atom. The summed E-state index contributed by atoms with van der Waals surface area (Å²) in [5.41, 5.74) is -0.367. The molecule has 0 saturated carbocycles. The molecule has 9 heteroatoms. The fourth-order valence-electron chi connectivity index (χ4n) is 1.07. The van der Waals surface area contributed by atoms with Gasteiger partial charge in [-0.05, 0) is 17.8 Å². The van der Waals surface area contributed by atoms with Crippen LogP contribution in [0.1, 0.15) is 10.4 Å². The van der Waals surface area contributed by atoms with Gasteiger partial charge in [0.15, 0.2) is 5.16 Å². The minimum Gasteiger partial charge on any atom is -0.478 e. The lowest BCUT2D eigenvalue weighted by Gasteiger charge is -2.01. The number of hydrogen-bond donors (Lipinski definition) is 2. The molecule has 0 fully saturated rings. The van der Waals surface area contributed by atoms with Crippen LogP contribution in [0.3, 0.4) is 0 Å². The molecular formula is C8H7N5O3S. The maximum Gasteiger partial charge on any atom is 0.343 e. The molecule has 0 aliphatic carbocycles. The van der Waals surface area contributed by atoms with Crippen molar-refractivity contribution in [3.8, 4) is 0 Å². The van der Waals surface area contributed by atoms with Crippen molar-refractivity contribution in [2.45, 2.75) is 10.2 Å². The molecule has 2 aromatic heterocycles. The average Bonchev–Trinajstić information content (AvgIpc) is 2.61. The van der Waals surface area contributed by atoms with Crippen LogP contribution in [0.5, 0.6) is 0 Å². The Bertz CT molecular complexity index is 620. The second-order valence-corrected chi connectivity index (χ2v) is 3.98. The minimum absolute atomic E-state index is 0.0143. The van der Waals surface area contributed by atoms with Gasteiger partial charge in [-0.15, -0.1) is 10.2 Å². The number of hydrogen-bond acceptors (Lipinski definition) is 6. The van der Waals surface area contributed by atoms with E-state index in [9.17, 15) is 9.59 Å². The molecule has 0 aliphatic heterocycles. The molecule has 2 aromatic rings. The Morgan fingerprint density at radius 1 is 1.59 bits per heavy atom. The van der Waals surface area contributed by atoms with E-state index >= 15 is 0 Å². The predicted molar refractivity (Wildman–Crippen MR) is 56.9 cm³/mol. The van der Waals surface area contributed by atoms with Crippen molar-refractivity contribution in [3.63, 3.8) is 0 Å². The summed E-state index contributed by atoms with van der Waals surface area (Å²) in [6.07, 6.45) is 1.29. The van der Waals surface area contributed by atoms with Gasteiger partial charge in [0.1, 0.15) is 5.03 Å². The van der Waals surface area contributed by atoms with E-state index in [1.54, 1.807) is 0 Å². The number of H-pyrrole nitrogens is 1. The van der Waals surface area contributed by atoms with Gasteiger partial charge in [0, 0.05) is 7.05 Å². The lowest BCUT2D eigenvalue weighted by atomic mass is 10.3. The molecule has 0 bridgehead atoms. The molecule has 0 radical (unpaired) electrons. The van der Waals surface area contributed by atoms with E-state index in [2.05, 4.69) is 20.4 Å². The Kier molecular flexibility index (Phi) is 2.91. The standard InChI is InChI=1S/C8H7N5O3S/c1-13-7(16)11-12-8(13)17-5-4(6(14)15)2-3-9-10-5/h2-3H,1H3,(H,11,16)(H,14,15). The highest BCUT2D eigenvalue weighted by molar-refractivity contribution is 7.99. The molecule has 0 aliphatic rings. The third-order valence-electron chi connectivity index (χ3n) is 1.94. The van der Waals surface area contributed by atoms with Gasteiger partial charge in [-0.3, -0.25) is 4.57 Å². The van der Waals surface area contributed by atoms with E-state index < -0.39 is 5.97 Å². The Hall–Kier alpha value is -2.16. The highest BCUT2D eigenvalue weighted by atomic mass is 32.2. The van der Waals surface area contributed by atoms with Crippen LogP contribution in [0, 0.1) is 0 Å². The third-order valence-corrected chi connectivity index (χ3v) is 2.99. The first-order valence-corrected chi connectivity index (χ1v) is 5.25. The number of aromatic carboxylic acids is 1. The fraction of sp³-hybridized carbons (Fsp3) is 0.125. The maximum atomic E-state index is 11.1. The van der Waals surface area contributed by atoms with Gasteiger partial charge in [0.05, 0.1) is 11.8 Å². The molecular weight excluding hydrogens is 246 g/mol. The SMILES string of the molecule is Cn1c(Sc2nnccc2C(=O)O)n[nH]c1=O. The number of nitrogens with one attached hydrogen (secondary N) is 1. The Labute approximate surface area is 98.7 Å². The van der Waals surface area contributed by atoms with Crippen LogP contribution >= 0.6 is 11.8 Å². The fourth-order valence-corrected chi connectivity index (χ4v) is 1.90. The number of aromatic nitrogens is 5. The van der Waals surface area contributed by atoms with E-state index in [4.69, 9.17) is 5.11 Å². The van der Waals surface area contributed by atoms with Crippen molar-refractivity contribution < 1.29 is 9.90 Å². The lowest BCUT2D eigenvalue weighted by Crippen LogP contribution is -2.13. The van der Waals surface area contributed by atoms with Crippen LogP contribution in [-0.2, 0) is 7.05 Å². The van der Waals surface area contributed by atoms with Gasteiger partial charge in [0.2, 0.25) is 0 Å². The Morgan fingerprint density at radius 2 is 2.35 bits per heavy atom. The van der Waals surface area contributed by atoms with Gasteiger partial charge in [-0.25, -0.2) is 14.7 Å². The first kappa shape index (κ1) is 11.3. The van der Waals surface area contributed by atoms with Crippen molar-refractivity contribution in [3.05, 3.63) is 28.3 Å². The number of carbonyl (C=O) groups is 1. The van der Waals surface area contributed by atoms with Gasteiger partial charge in [-0.2, -0.15) is 5.10 Å². The van der Waals surface area contributed by atoms with Crippen LogP contribution in [0.25, 0.3) is 0 Å². The van der Waals surface area contributed by atoms with Crippen molar-refractivity contribution in [1.29, 1.82) is 0 Å². The summed E-state index contributed by atoms with van der Waals surface area (Å²) >= 11 is 0.956. The monoisotopic (exact) mass is 253 g/mol. The molecule has 2 N–H and O–H groups in total. The molecule has 88 valence electrons. The van der Waals surface area contributed by atoms with E-state index in [0.717, 1.165) is 11.8 Å². The van der Waals surface area contributed by atoms with Crippen LogP contribution in [0.15, 0.2) is 27.2 Å². The quantitative estimate of drug-likeness (QED) is 0.775. The Balaban J connectivity index is 2.40. The zero-order chi connectivity index (χ0) is 12.4. The number of carboxylic acid groups (broad SMARTS) is 1. The topological polar surface area (TPSA) is 114 Å². The summed E-state index contributed by atoms with van der Waals surface area (Å²) in [7, 11) is 1.52. The molecule has 0 spiro atoms. The highest BCUT2D eigenvalue weighted by Crippen LogP contribution is 2.24. The van der Waals surface area contributed by atoms with E-state index in [-0.39, 0.29) is 16.3 Å². The number of nitrogens with zero attached hydrogens (tertiary/aromatic N) is 4. The largest absolute Gasteiger partial charge is 0.478 e. The molecule has 0 aromatic carbocycles. The second-order valence-electron chi connectivity index (χ2n) is 3.03. The maximum absolute atomic E-state index is 11.1. The van der Waals surface area contributed by atoms with Crippen molar-refractivity contribution in [2.24, 2.45) is 7.05 Å². The molecule has 8 nitrogen and oxygen atoms in total. The number of rotatable bonds is 3. The van der Waals surface area contributed by atoms with Crippen LogP contribution < -0.4 is 5.69 Å². The van der Waals surface area contributed by atoms with Crippen molar-refractivity contribution in [2.75, 3.05) is 0 Å². The number of carboxylic acids is 1. The van der Waals surface area contributed by atoms with Crippen molar-refractivity contribution in [1.82, 2.24) is 25.0 Å². The summed E-state index contributed by atoms with van der Waals surface area (Å²) in [6, 6.07) is 1.34. The zero-order valence-electron chi connectivity index (χ0n) is 8.62. The minimum atomic E-state index is -1.11. The average molecular weight is 253 g/mol. The summed E-state index contributed by atoms with van der Waals surface area (Å²) in [5.74, 6) is -1.11. The van der Waals surface area contributed by atoms with Gasteiger partial charge >= 0.3 is 11.7 Å². The summed E-state index contributed by atoms with van der Waals surface area (Å²) < 4.78 is 1.25.